The molecule has 6 nitrogen and oxygen atoms in total. The van der Waals surface area contributed by atoms with Crippen molar-refractivity contribution < 1.29 is 22.2 Å². The van der Waals surface area contributed by atoms with E-state index in [2.05, 4.69) is 4.18 Å². The molecule has 0 fully saturated rings. The topological polar surface area (TPSA) is 72.9 Å². The van der Waals surface area contributed by atoms with Crippen LogP contribution in [0.2, 0.25) is 0 Å². The predicted molar refractivity (Wildman–Crippen MR) is 59.0 cm³/mol. The Labute approximate surface area is 96.6 Å². The summed E-state index contributed by atoms with van der Waals surface area (Å²) in [5.74, 6) is 0. The number of carbonyl (C=O) groups is 1. The number of hydrogen-bond acceptors (Lipinski definition) is 5. The van der Waals surface area contributed by atoms with Crippen LogP contribution >= 0.6 is 0 Å². The summed E-state index contributed by atoms with van der Waals surface area (Å²) in [6.07, 6.45) is 1.93. The first-order chi connectivity index (χ1) is 7.14. The van der Waals surface area contributed by atoms with Gasteiger partial charge in [0.25, 0.3) is 10.1 Å². The fourth-order valence-corrected chi connectivity index (χ4v) is 1.32. The number of nitrogens with zero attached hydrogens (tertiary/aromatic N) is 1. The lowest BCUT2D eigenvalue weighted by Crippen LogP contribution is -2.34. The highest BCUT2D eigenvalue weighted by Gasteiger charge is 2.15. The maximum atomic E-state index is 10.6. The maximum absolute atomic E-state index is 10.6. The van der Waals surface area contributed by atoms with E-state index in [4.69, 9.17) is 4.84 Å². The van der Waals surface area contributed by atoms with Gasteiger partial charge in [0.05, 0.1) is 25.0 Å². The molecule has 0 saturated heterocycles. The van der Waals surface area contributed by atoms with Gasteiger partial charge in [0.2, 0.25) is 6.41 Å². The molecule has 0 heterocycles. The first kappa shape index (κ1) is 15.3. The Morgan fingerprint density at radius 1 is 1.31 bits per heavy atom. The Morgan fingerprint density at radius 2 is 1.88 bits per heavy atom. The summed E-state index contributed by atoms with van der Waals surface area (Å²) in [4.78, 5) is 15.9. The third-order valence-corrected chi connectivity index (χ3v) is 1.92. The van der Waals surface area contributed by atoms with Gasteiger partial charge in [-0.2, -0.15) is 8.42 Å². The van der Waals surface area contributed by atoms with Gasteiger partial charge in [0.1, 0.15) is 0 Å². The zero-order valence-corrected chi connectivity index (χ0v) is 10.9. The van der Waals surface area contributed by atoms with Crippen LogP contribution < -0.4 is 0 Å². The molecule has 96 valence electrons. The number of rotatable bonds is 7. The van der Waals surface area contributed by atoms with E-state index in [1.165, 1.54) is 0 Å². The zero-order valence-electron chi connectivity index (χ0n) is 10.1. The summed E-state index contributed by atoms with van der Waals surface area (Å²) in [6.45, 7) is 5.77. The number of amides is 1. The summed E-state index contributed by atoms with van der Waals surface area (Å²) < 4.78 is 25.8. The van der Waals surface area contributed by atoms with Crippen molar-refractivity contribution in [3.05, 3.63) is 0 Å². The largest absolute Gasteiger partial charge is 0.276 e. The molecule has 0 aliphatic rings. The van der Waals surface area contributed by atoms with Crippen LogP contribution in [0, 0.1) is 0 Å². The van der Waals surface area contributed by atoms with Crippen molar-refractivity contribution in [2.75, 3.05) is 19.4 Å². The highest BCUT2D eigenvalue weighted by atomic mass is 32.2. The second kappa shape index (κ2) is 6.17. The number of hydrogen-bond donors (Lipinski definition) is 0. The summed E-state index contributed by atoms with van der Waals surface area (Å²) in [7, 11) is -3.41. The standard InChI is InChI=1S/C9H19NO5S/c1-9(2,3)15-10(8-11)6-5-7-14-16(4,12)13/h8H,5-7H2,1-4H3. The molecule has 0 aliphatic carbocycles. The van der Waals surface area contributed by atoms with Crippen molar-refractivity contribution in [2.24, 2.45) is 0 Å². The quantitative estimate of drug-likeness (QED) is 0.286. The Hall–Kier alpha value is -0.660. The van der Waals surface area contributed by atoms with Gasteiger partial charge in [0, 0.05) is 0 Å². The number of carbonyl (C=O) groups excluding carboxylic acids is 1. The summed E-state index contributed by atoms with van der Waals surface area (Å²) >= 11 is 0. The average molecular weight is 253 g/mol. The molecule has 0 atom stereocenters. The fraction of sp³-hybridized carbons (Fsp3) is 0.889. The van der Waals surface area contributed by atoms with Gasteiger partial charge >= 0.3 is 0 Å². The van der Waals surface area contributed by atoms with Crippen molar-refractivity contribution >= 4 is 16.5 Å². The van der Waals surface area contributed by atoms with Crippen LogP contribution in [0.3, 0.4) is 0 Å². The monoisotopic (exact) mass is 253 g/mol. The van der Waals surface area contributed by atoms with Gasteiger partial charge in [0.15, 0.2) is 0 Å². The van der Waals surface area contributed by atoms with Crippen molar-refractivity contribution in [3.63, 3.8) is 0 Å². The van der Waals surface area contributed by atoms with Crippen molar-refractivity contribution in [1.29, 1.82) is 0 Å². The third kappa shape index (κ3) is 9.88. The van der Waals surface area contributed by atoms with Crippen molar-refractivity contribution in [1.82, 2.24) is 5.06 Å². The van der Waals surface area contributed by atoms with Crippen molar-refractivity contribution in [2.45, 2.75) is 32.8 Å². The van der Waals surface area contributed by atoms with E-state index in [-0.39, 0.29) is 13.2 Å². The minimum Gasteiger partial charge on any atom is -0.276 e. The smallest absolute Gasteiger partial charge is 0.264 e. The lowest BCUT2D eigenvalue weighted by Gasteiger charge is -2.26. The van der Waals surface area contributed by atoms with E-state index in [1.807, 2.05) is 20.8 Å². The Balaban J connectivity index is 3.85. The maximum Gasteiger partial charge on any atom is 0.264 e. The Morgan fingerprint density at radius 3 is 2.25 bits per heavy atom. The molecule has 0 radical (unpaired) electrons. The lowest BCUT2D eigenvalue weighted by atomic mass is 10.2. The van der Waals surface area contributed by atoms with E-state index in [0.29, 0.717) is 12.8 Å². The molecule has 16 heavy (non-hydrogen) atoms. The first-order valence-corrected chi connectivity index (χ1v) is 6.71. The van der Waals surface area contributed by atoms with Crippen LogP contribution in [0.15, 0.2) is 0 Å². The minimum atomic E-state index is -3.41. The van der Waals surface area contributed by atoms with Crippen LogP contribution in [0.1, 0.15) is 27.2 Å². The zero-order chi connectivity index (χ0) is 12.8. The van der Waals surface area contributed by atoms with E-state index in [9.17, 15) is 13.2 Å². The highest BCUT2D eigenvalue weighted by molar-refractivity contribution is 7.85. The number of hydroxylamine groups is 2. The normalized spacial score (nSPS) is 12.5. The molecule has 0 bridgehead atoms. The average Bonchev–Trinajstić information content (AvgIpc) is 2.06. The molecule has 0 aromatic heterocycles. The van der Waals surface area contributed by atoms with Crippen LogP contribution in [-0.4, -0.2) is 44.9 Å². The van der Waals surface area contributed by atoms with Crippen LogP contribution in [-0.2, 0) is 23.9 Å². The van der Waals surface area contributed by atoms with E-state index in [1.54, 1.807) is 0 Å². The van der Waals surface area contributed by atoms with Gasteiger partial charge in [-0.3, -0.25) is 13.8 Å². The molecule has 0 saturated carbocycles. The van der Waals surface area contributed by atoms with E-state index >= 15 is 0 Å². The molecule has 0 aliphatic heterocycles. The molecular weight excluding hydrogens is 234 g/mol. The van der Waals surface area contributed by atoms with E-state index in [0.717, 1.165) is 11.3 Å². The SMILES string of the molecule is CC(C)(C)ON(C=O)CCCOS(C)(=O)=O. The second-order valence-electron chi connectivity index (χ2n) is 4.33. The molecule has 0 unspecified atom stereocenters. The summed E-state index contributed by atoms with van der Waals surface area (Å²) in [5.41, 5.74) is -0.460. The fourth-order valence-electron chi connectivity index (χ4n) is 0.902. The van der Waals surface area contributed by atoms with Crippen LogP contribution in [0.25, 0.3) is 0 Å². The first-order valence-electron chi connectivity index (χ1n) is 4.89. The van der Waals surface area contributed by atoms with Gasteiger partial charge < -0.3 is 0 Å². The molecular formula is C9H19NO5S. The highest BCUT2D eigenvalue weighted by Crippen LogP contribution is 2.09. The van der Waals surface area contributed by atoms with Gasteiger partial charge in [-0.1, -0.05) is 0 Å². The summed E-state index contributed by atoms with van der Waals surface area (Å²) in [5, 5.41) is 1.13. The predicted octanol–water partition coefficient (Wildman–Crippen LogP) is 0.541. The molecule has 0 spiro atoms. The van der Waals surface area contributed by atoms with Gasteiger partial charge in [-0.05, 0) is 27.2 Å². The summed E-state index contributed by atoms with van der Waals surface area (Å²) in [6, 6.07) is 0. The molecule has 0 N–H and O–H groups in total. The van der Waals surface area contributed by atoms with Gasteiger partial charge in [-0.25, -0.2) is 5.06 Å². The molecule has 7 heteroatoms. The van der Waals surface area contributed by atoms with Crippen LogP contribution in [0.5, 0.6) is 0 Å². The minimum absolute atomic E-state index is 0.0384. The second-order valence-corrected chi connectivity index (χ2v) is 5.97. The van der Waals surface area contributed by atoms with Crippen LogP contribution in [0.4, 0.5) is 0 Å². The van der Waals surface area contributed by atoms with Gasteiger partial charge in [-0.15, -0.1) is 0 Å². The molecule has 0 rings (SSSR count). The third-order valence-electron chi connectivity index (χ3n) is 1.33. The Kier molecular flexibility index (Phi) is 5.91. The molecule has 0 aromatic carbocycles. The lowest BCUT2D eigenvalue weighted by molar-refractivity contribution is -0.216. The Bertz CT molecular complexity index is 306. The van der Waals surface area contributed by atoms with Crippen molar-refractivity contribution in [3.8, 4) is 0 Å². The molecule has 0 aromatic rings. The molecule has 1 amide bonds. The van der Waals surface area contributed by atoms with E-state index < -0.39 is 15.7 Å².